The minimum absolute atomic E-state index is 0.780. The zero-order chi connectivity index (χ0) is 23.1. The molecule has 0 heterocycles. The van der Waals surface area contributed by atoms with Gasteiger partial charge in [-0.3, -0.25) is 0 Å². The van der Waals surface area contributed by atoms with Gasteiger partial charge in [0.25, 0.3) is 0 Å². The van der Waals surface area contributed by atoms with Gasteiger partial charge in [0, 0.05) is 16.4 Å². The van der Waals surface area contributed by atoms with E-state index in [9.17, 15) is 4.57 Å². The number of hydrogen-bond acceptors (Lipinski definition) is 2. The molecule has 4 aromatic carbocycles. The van der Waals surface area contributed by atoms with E-state index in [0.717, 1.165) is 22.8 Å². The predicted molar refractivity (Wildman–Crippen MR) is 146 cm³/mol. The van der Waals surface area contributed by atoms with Crippen LogP contribution in [0.5, 0.6) is 0 Å². The minimum atomic E-state index is -2.75. The molecule has 3 heteroatoms. The highest BCUT2D eigenvalue weighted by Gasteiger charge is 2.27. The van der Waals surface area contributed by atoms with Gasteiger partial charge in [-0.15, -0.1) is 0 Å². The zero-order valence-corrected chi connectivity index (χ0v) is 20.9. The van der Waals surface area contributed by atoms with E-state index in [-0.39, 0.29) is 0 Å². The van der Waals surface area contributed by atoms with Crippen LogP contribution in [-0.2, 0) is 4.57 Å². The van der Waals surface area contributed by atoms with Gasteiger partial charge in [-0.25, -0.2) is 0 Å². The van der Waals surface area contributed by atoms with Crippen molar-refractivity contribution in [2.24, 2.45) is 0 Å². The van der Waals surface area contributed by atoms with Crippen molar-refractivity contribution in [2.45, 2.75) is 20.3 Å². The fraction of sp³-hybridized carbons (Fsp3) is 0.133. The molecule has 0 radical (unpaired) electrons. The molecule has 0 aliphatic carbocycles. The lowest BCUT2D eigenvalue weighted by atomic mass is 9.95. The summed E-state index contributed by atoms with van der Waals surface area (Å²) in [6.45, 7) is 4.22. The Bertz CT molecular complexity index is 1150. The summed E-state index contributed by atoms with van der Waals surface area (Å²) in [6.07, 6.45) is 0.379. The Morgan fingerprint density at radius 2 is 1.09 bits per heavy atom. The summed E-state index contributed by atoms with van der Waals surface area (Å²) in [7, 11) is 0. The fourth-order valence-electron chi connectivity index (χ4n) is 3.80. The number of rotatable bonds is 8. The highest BCUT2D eigenvalue weighted by atomic mass is 32.7. The molecule has 0 unspecified atom stereocenters. The van der Waals surface area contributed by atoms with Crippen molar-refractivity contribution in [3.05, 3.63) is 138 Å². The highest BCUT2D eigenvalue weighted by molar-refractivity contribution is 8.62. The smallest absolute Gasteiger partial charge is 0.195 e. The van der Waals surface area contributed by atoms with Crippen molar-refractivity contribution in [1.29, 1.82) is 0 Å². The molecule has 0 fully saturated rings. The van der Waals surface area contributed by atoms with Crippen molar-refractivity contribution in [3.63, 3.8) is 0 Å². The number of aryl methyl sites for hydroxylation is 2. The molecule has 0 spiro atoms. The highest BCUT2D eigenvalue weighted by Crippen LogP contribution is 2.56. The molecule has 0 saturated heterocycles. The molecule has 0 N–H and O–H groups in total. The van der Waals surface area contributed by atoms with Crippen LogP contribution in [0.25, 0.3) is 5.57 Å². The zero-order valence-electron chi connectivity index (χ0n) is 19.1. The largest absolute Gasteiger partial charge is 0.302 e. The number of hydrogen-bond donors (Lipinski definition) is 0. The molecule has 4 rings (SSSR count). The second-order valence-corrected chi connectivity index (χ2v) is 13.3. The van der Waals surface area contributed by atoms with Crippen LogP contribution < -0.4 is 10.6 Å². The Morgan fingerprint density at radius 1 is 0.667 bits per heavy atom. The summed E-state index contributed by atoms with van der Waals surface area (Å²) in [5.41, 5.74) is 6.16. The lowest BCUT2D eigenvalue weighted by Crippen LogP contribution is -2.13. The van der Waals surface area contributed by atoms with Crippen LogP contribution in [-0.4, -0.2) is 5.75 Å². The van der Waals surface area contributed by atoms with Gasteiger partial charge in [0.1, 0.15) is 0 Å². The van der Waals surface area contributed by atoms with Crippen molar-refractivity contribution in [1.82, 2.24) is 0 Å². The van der Waals surface area contributed by atoms with Crippen LogP contribution >= 0.6 is 17.7 Å². The summed E-state index contributed by atoms with van der Waals surface area (Å²) in [5.74, 6) is 0.780. The summed E-state index contributed by atoms with van der Waals surface area (Å²) >= 11 is 1.58. The van der Waals surface area contributed by atoms with E-state index in [2.05, 4.69) is 68.5 Å². The monoisotopic (exact) mass is 468 g/mol. The van der Waals surface area contributed by atoms with Crippen molar-refractivity contribution < 1.29 is 4.57 Å². The van der Waals surface area contributed by atoms with E-state index in [0.29, 0.717) is 0 Å². The van der Waals surface area contributed by atoms with E-state index in [1.165, 1.54) is 27.8 Å². The average molecular weight is 469 g/mol. The van der Waals surface area contributed by atoms with E-state index in [1.807, 2.05) is 60.7 Å². The first kappa shape index (κ1) is 23.4. The van der Waals surface area contributed by atoms with Gasteiger partial charge in [-0.2, -0.15) is 0 Å². The molecular weight excluding hydrogens is 439 g/mol. The minimum Gasteiger partial charge on any atom is -0.302 e. The van der Waals surface area contributed by atoms with E-state index >= 15 is 0 Å². The van der Waals surface area contributed by atoms with Crippen LogP contribution in [0.4, 0.5) is 0 Å². The molecule has 4 aromatic rings. The maximum atomic E-state index is 14.2. The first-order valence-electron chi connectivity index (χ1n) is 11.3. The van der Waals surface area contributed by atoms with Crippen LogP contribution in [0.1, 0.15) is 28.7 Å². The Morgan fingerprint density at radius 3 is 1.52 bits per heavy atom. The Hall–Kier alpha value is -2.80. The predicted octanol–water partition coefficient (Wildman–Crippen LogP) is 7.79. The fourth-order valence-corrected chi connectivity index (χ4v) is 8.72. The molecule has 33 heavy (non-hydrogen) atoms. The standard InChI is InChI=1S/C30H29OPS/c1-24-15-19-26(20-16-24)30(27-21-17-25(2)18-22-27)14-9-23-33-32(31,28-10-5-3-6-11-28)29-12-7-4-8-13-29/h3-8,10-22H,9,23H2,1-2H3. The Labute approximate surface area is 201 Å². The summed E-state index contributed by atoms with van der Waals surface area (Å²) < 4.78 is 14.2. The van der Waals surface area contributed by atoms with Gasteiger partial charge in [0.2, 0.25) is 0 Å². The molecule has 0 aromatic heterocycles. The maximum absolute atomic E-state index is 14.2. The molecule has 0 bridgehead atoms. The Kier molecular flexibility index (Phi) is 7.70. The molecule has 0 saturated carbocycles. The SMILES string of the molecule is Cc1ccc(C(=CCCSP(=O)(c2ccccc2)c2ccccc2)c2ccc(C)cc2)cc1. The van der Waals surface area contributed by atoms with E-state index in [1.54, 1.807) is 11.4 Å². The molecular formula is C30H29OPS. The lowest BCUT2D eigenvalue weighted by molar-refractivity contribution is 0.595. The molecule has 166 valence electrons. The lowest BCUT2D eigenvalue weighted by Gasteiger charge is -2.18. The van der Waals surface area contributed by atoms with Gasteiger partial charge in [0.05, 0.1) is 0 Å². The third-order valence-electron chi connectivity index (χ3n) is 5.66. The van der Waals surface area contributed by atoms with Gasteiger partial charge in [0.15, 0.2) is 6.34 Å². The number of benzene rings is 4. The molecule has 0 aliphatic heterocycles. The summed E-state index contributed by atoms with van der Waals surface area (Å²) in [4.78, 5) is 0. The van der Waals surface area contributed by atoms with E-state index in [4.69, 9.17) is 0 Å². The van der Waals surface area contributed by atoms with E-state index < -0.39 is 6.34 Å². The quantitative estimate of drug-likeness (QED) is 0.194. The average Bonchev–Trinajstić information content (AvgIpc) is 2.86. The van der Waals surface area contributed by atoms with Crippen molar-refractivity contribution >= 4 is 33.9 Å². The third kappa shape index (κ3) is 5.77. The van der Waals surface area contributed by atoms with Crippen LogP contribution in [0.15, 0.2) is 115 Å². The van der Waals surface area contributed by atoms with Crippen LogP contribution in [0, 0.1) is 13.8 Å². The van der Waals surface area contributed by atoms with Gasteiger partial charge in [-0.05, 0) is 37.0 Å². The normalized spacial score (nSPS) is 11.2. The molecule has 1 nitrogen and oxygen atoms in total. The third-order valence-corrected chi connectivity index (χ3v) is 11.3. The first-order chi connectivity index (χ1) is 16.1. The van der Waals surface area contributed by atoms with Crippen molar-refractivity contribution in [3.8, 4) is 0 Å². The van der Waals surface area contributed by atoms with Gasteiger partial charge in [-0.1, -0.05) is 138 Å². The molecule has 0 amide bonds. The summed E-state index contributed by atoms with van der Waals surface area (Å²) in [6, 6.07) is 37.2. The van der Waals surface area contributed by atoms with Crippen LogP contribution in [0.3, 0.4) is 0 Å². The maximum Gasteiger partial charge on any atom is 0.195 e. The summed E-state index contributed by atoms with van der Waals surface area (Å²) in [5, 5.41) is 1.81. The molecule has 0 atom stereocenters. The van der Waals surface area contributed by atoms with Crippen molar-refractivity contribution in [2.75, 3.05) is 5.75 Å². The number of allylic oxidation sites excluding steroid dienone is 1. The second-order valence-electron chi connectivity index (χ2n) is 8.19. The second kappa shape index (κ2) is 10.9. The topological polar surface area (TPSA) is 17.1 Å². The Balaban J connectivity index is 1.59. The van der Waals surface area contributed by atoms with Gasteiger partial charge < -0.3 is 4.57 Å². The molecule has 0 aliphatic rings. The van der Waals surface area contributed by atoms with Gasteiger partial charge >= 0.3 is 0 Å². The van der Waals surface area contributed by atoms with Crippen LogP contribution in [0.2, 0.25) is 0 Å². The first-order valence-corrected chi connectivity index (χ1v) is 14.6.